The maximum atomic E-state index is 10.0. The van der Waals surface area contributed by atoms with E-state index in [-0.39, 0.29) is 11.8 Å². The zero-order chi connectivity index (χ0) is 14.7. The zero-order valence-electron chi connectivity index (χ0n) is 12.0. The van der Waals surface area contributed by atoms with Crippen molar-refractivity contribution in [3.05, 3.63) is 39.3 Å². The minimum Gasteiger partial charge on any atom is -0.504 e. The van der Waals surface area contributed by atoms with Crippen molar-refractivity contribution >= 4 is 17.6 Å². The van der Waals surface area contributed by atoms with Gasteiger partial charge < -0.3 is 9.84 Å². The first-order chi connectivity index (χ1) is 9.52. The van der Waals surface area contributed by atoms with E-state index in [9.17, 15) is 5.11 Å². The van der Waals surface area contributed by atoms with Crippen molar-refractivity contribution < 1.29 is 9.84 Å². The maximum Gasteiger partial charge on any atom is 0.166 e. The normalized spacial score (nSPS) is 12.8. The Morgan fingerprint density at radius 1 is 1.40 bits per heavy atom. The molecule has 1 atom stereocenters. The third-order valence-electron chi connectivity index (χ3n) is 3.01. The number of benzene rings is 1. The van der Waals surface area contributed by atoms with Gasteiger partial charge in [0.2, 0.25) is 0 Å². The summed E-state index contributed by atoms with van der Waals surface area (Å²) in [5.41, 5.74) is 1.67. The van der Waals surface area contributed by atoms with Crippen LogP contribution in [0.3, 0.4) is 0 Å². The smallest absolute Gasteiger partial charge is 0.166 e. The van der Waals surface area contributed by atoms with Gasteiger partial charge in [-0.15, -0.1) is 11.3 Å². The van der Waals surface area contributed by atoms with Crippen molar-refractivity contribution in [3.63, 3.8) is 0 Å². The van der Waals surface area contributed by atoms with Gasteiger partial charge in [-0.2, -0.15) is 0 Å². The summed E-state index contributed by atoms with van der Waals surface area (Å²) >= 11 is 1.66. The van der Waals surface area contributed by atoms with E-state index in [1.807, 2.05) is 26.8 Å². The summed E-state index contributed by atoms with van der Waals surface area (Å²) in [6, 6.07) is 5.37. The van der Waals surface area contributed by atoms with Crippen LogP contribution in [0.5, 0.6) is 11.5 Å². The Labute approximate surface area is 122 Å². The van der Waals surface area contributed by atoms with Gasteiger partial charge in [0.25, 0.3) is 0 Å². The summed E-state index contributed by atoms with van der Waals surface area (Å²) in [5, 5.41) is 11.1. The average molecular weight is 290 g/mol. The van der Waals surface area contributed by atoms with Crippen molar-refractivity contribution in [3.8, 4) is 11.5 Å². The van der Waals surface area contributed by atoms with Gasteiger partial charge in [0.1, 0.15) is 0 Å². The average Bonchev–Trinajstić information content (AvgIpc) is 2.76. The summed E-state index contributed by atoms with van der Waals surface area (Å²) in [4.78, 5) is 10.1. The number of aliphatic imine (C=N–C) groups is 1. The van der Waals surface area contributed by atoms with E-state index < -0.39 is 0 Å². The lowest BCUT2D eigenvalue weighted by Crippen LogP contribution is -1.92. The molecular weight excluding hydrogens is 272 g/mol. The quantitative estimate of drug-likeness (QED) is 0.874. The van der Waals surface area contributed by atoms with Gasteiger partial charge in [-0.1, -0.05) is 6.07 Å². The van der Waals surface area contributed by atoms with Crippen LogP contribution >= 0.6 is 11.3 Å². The fourth-order valence-electron chi connectivity index (χ4n) is 2.00. The van der Waals surface area contributed by atoms with Crippen LogP contribution in [0.25, 0.3) is 0 Å². The van der Waals surface area contributed by atoms with Gasteiger partial charge in [0.05, 0.1) is 28.7 Å². The number of phenolic OH excluding ortho intramolecular Hbond substituents is 1. The number of phenols is 1. The predicted molar refractivity (Wildman–Crippen MR) is 82.3 cm³/mol. The van der Waals surface area contributed by atoms with Gasteiger partial charge in [-0.25, -0.2) is 4.98 Å². The molecule has 20 heavy (non-hydrogen) atoms. The number of methoxy groups -OCH3 is 1. The topological polar surface area (TPSA) is 54.7 Å². The van der Waals surface area contributed by atoms with Crippen molar-refractivity contribution in [2.24, 2.45) is 4.99 Å². The monoisotopic (exact) mass is 290 g/mol. The molecule has 0 aliphatic carbocycles. The second-order valence-corrected chi connectivity index (χ2v) is 5.77. The van der Waals surface area contributed by atoms with Crippen LogP contribution in [0.15, 0.2) is 23.2 Å². The molecule has 0 saturated carbocycles. The molecule has 5 heteroatoms. The minimum absolute atomic E-state index is 0.0202. The third kappa shape index (κ3) is 2.99. The lowest BCUT2D eigenvalue weighted by molar-refractivity contribution is 0.373. The first-order valence-electron chi connectivity index (χ1n) is 6.36. The Bertz CT molecular complexity index is 635. The molecule has 0 saturated heterocycles. The molecule has 0 spiro atoms. The molecular formula is C15H18N2O2S. The van der Waals surface area contributed by atoms with Crippen molar-refractivity contribution in [1.82, 2.24) is 4.98 Å². The Morgan fingerprint density at radius 3 is 2.75 bits per heavy atom. The van der Waals surface area contributed by atoms with Crippen molar-refractivity contribution in [2.45, 2.75) is 26.8 Å². The fourth-order valence-corrected chi connectivity index (χ4v) is 2.93. The van der Waals surface area contributed by atoms with E-state index in [0.717, 1.165) is 15.6 Å². The molecule has 106 valence electrons. The van der Waals surface area contributed by atoms with Crippen molar-refractivity contribution in [2.75, 3.05) is 7.11 Å². The number of hydrogen-bond acceptors (Lipinski definition) is 5. The number of aryl methyl sites for hydroxylation is 2. The number of hydrogen-bond donors (Lipinski definition) is 1. The molecule has 1 aromatic heterocycles. The number of aromatic nitrogens is 1. The first-order valence-corrected chi connectivity index (χ1v) is 7.17. The van der Waals surface area contributed by atoms with E-state index in [1.165, 1.54) is 7.11 Å². The van der Waals surface area contributed by atoms with Crippen LogP contribution in [-0.4, -0.2) is 23.4 Å². The largest absolute Gasteiger partial charge is 0.504 e. The van der Waals surface area contributed by atoms with E-state index in [0.29, 0.717) is 11.3 Å². The Hall–Kier alpha value is -1.88. The molecule has 1 N–H and O–H groups in total. The molecule has 1 unspecified atom stereocenters. The molecule has 0 amide bonds. The molecule has 2 aromatic rings. The molecule has 0 fully saturated rings. The Balaban J connectivity index is 2.23. The summed E-state index contributed by atoms with van der Waals surface area (Å²) in [7, 11) is 1.53. The first kappa shape index (κ1) is 14.5. The van der Waals surface area contributed by atoms with Crippen LogP contribution in [0.4, 0.5) is 0 Å². The van der Waals surface area contributed by atoms with Gasteiger partial charge in [0.15, 0.2) is 11.5 Å². The highest BCUT2D eigenvalue weighted by molar-refractivity contribution is 7.11. The number of nitrogens with zero attached hydrogens (tertiary/aromatic N) is 2. The molecule has 4 nitrogen and oxygen atoms in total. The molecule has 1 heterocycles. The summed E-state index contributed by atoms with van der Waals surface area (Å²) in [5.74, 6) is 0.564. The zero-order valence-corrected chi connectivity index (χ0v) is 12.9. The molecule has 0 bridgehead atoms. The van der Waals surface area contributed by atoms with Crippen LogP contribution in [0.2, 0.25) is 0 Å². The van der Waals surface area contributed by atoms with Gasteiger partial charge in [-0.05, 0) is 32.9 Å². The molecule has 1 aromatic carbocycles. The van der Waals surface area contributed by atoms with E-state index in [1.54, 1.807) is 29.7 Å². The lowest BCUT2D eigenvalue weighted by Gasteiger charge is -2.07. The number of rotatable bonds is 4. The van der Waals surface area contributed by atoms with Gasteiger partial charge in [0, 0.05) is 11.8 Å². The highest BCUT2D eigenvalue weighted by Crippen LogP contribution is 2.30. The number of aromatic hydroxyl groups is 1. The number of ether oxygens (including phenoxy) is 1. The molecule has 0 radical (unpaired) electrons. The predicted octanol–water partition coefficient (Wildman–Crippen LogP) is 3.65. The third-order valence-corrected chi connectivity index (χ3v) is 4.25. The standard InChI is InChI=1S/C15H18N2O2S/c1-9(15-10(2)17-11(3)20-15)16-8-12-6-5-7-13(19-4)14(12)18/h5-9,18H,1-4H3. The Kier molecular flexibility index (Phi) is 4.39. The number of thiazole rings is 1. The summed E-state index contributed by atoms with van der Waals surface area (Å²) in [6.07, 6.45) is 1.68. The van der Waals surface area contributed by atoms with Crippen LogP contribution in [-0.2, 0) is 0 Å². The van der Waals surface area contributed by atoms with Crippen LogP contribution in [0, 0.1) is 13.8 Å². The molecule has 2 rings (SSSR count). The second kappa shape index (κ2) is 6.05. The second-order valence-electron chi connectivity index (χ2n) is 4.53. The maximum absolute atomic E-state index is 10.0. The van der Waals surface area contributed by atoms with Crippen LogP contribution < -0.4 is 4.74 Å². The lowest BCUT2D eigenvalue weighted by atomic mass is 10.2. The Morgan fingerprint density at radius 2 is 2.15 bits per heavy atom. The summed E-state index contributed by atoms with van der Waals surface area (Å²) in [6.45, 7) is 6.01. The number of para-hydroxylation sites is 1. The van der Waals surface area contributed by atoms with Crippen LogP contribution in [0.1, 0.15) is 34.1 Å². The van der Waals surface area contributed by atoms with Gasteiger partial charge in [-0.3, -0.25) is 4.99 Å². The highest BCUT2D eigenvalue weighted by atomic mass is 32.1. The highest BCUT2D eigenvalue weighted by Gasteiger charge is 2.12. The van der Waals surface area contributed by atoms with Gasteiger partial charge >= 0.3 is 0 Å². The fraction of sp³-hybridized carbons (Fsp3) is 0.333. The van der Waals surface area contributed by atoms with E-state index in [4.69, 9.17) is 4.74 Å². The van der Waals surface area contributed by atoms with Crippen molar-refractivity contribution in [1.29, 1.82) is 0 Å². The van der Waals surface area contributed by atoms with E-state index in [2.05, 4.69) is 9.98 Å². The SMILES string of the molecule is COc1cccc(C=NC(C)c2sc(C)nc2C)c1O. The van der Waals surface area contributed by atoms with E-state index >= 15 is 0 Å². The summed E-state index contributed by atoms with van der Waals surface area (Å²) < 4.78 is 5.08. The minimum atomic E-state index is 0.0202. The molecule has 0 aliphatic heterocycles. The molecule has 0 aliphatic rings.